The molecule has 150 valence electrons. The molecule has 0 aliphatic carbocycles. The number of likely N-dealkylation sites (N-methyl/N-ethyl adjacent to an activating group) is 1. The predicted molar refractivity (Wildman–Crippen MR) is 113 cm³/mol. The largest absolute Gasteiger partial charge is 0.497 e. The first-order chi connectivity index (χ1) is 14.0. The van der Waals surface area contributed by atoms with Crippen LogP contribution in [0.5, 0.6) is 11.5 Å². The number of carbonyl (C=O) groups is 1. The van der Waals surface area contributed by atoms with Crippen LogP contribution in [0.3, 0.4) is 0 Å². The fourth-order valence-electron chi connectivity index (χ4n) is 3.18. The molecule has 0 aromatic heterocycles. The first-order valence-electron chi connectivity index (χ1n) is 9.34. The molecule has 1 atom stereocenters. The Balaban J connectivity index is 1.78. The van der Waals surface area contributed by atoms with E-state index in [-0.39, 0.29) is 12.5 Å². The van der Waals surface area contributed by atoms with Gasteiger partial charge in [0, 0.05) is 18.2 Å². The van der Waals surface area contributed by atoms with Crippen molar-refractivity contribution in [1.82, 2.24) is 4.90 Å². The summed E-state index contributed by atoms with van der Waals surface area (Å²) in [5.41, 5.74) is 3.09. The molecule has 1 unspecified atom stereocenters. The van der Waals surface area contributed by atoms with E-state index in [4.69, 9.17) is 9.47 Å². The van der Waals surface area contributed by atoms with Gasteiger partial charge < -0.3 is 19.5 Å². The fourth-order valence-corrected chi connectivity index (χ4v) is 3.18. The van der Waals surface area contributed by atoms with Crippen LogP contribution < -0.4 is 9.47 Å². The molecule has 0 bridgehead atoms. The lowest BCUT2D eigenvalue weighted by atomic mass is 10.0. The predicted octanol–water partition coefficient (Wildman–Crippen LogP) is 4.18. The third-order valence-corrected chi connectivity index (χ3v) is 4.83. The van der Waals surface area contributed by atoms with Crippen LogP contribution in [0.2, 0.25) is 0 Å². The molecule has 3 aromatic rings. The Morgan fingerprint density at radius 2 is 1.66 bits per heavy atom. The smallest absolute Gasteiger partial charge is 0.253 e. The van der Waals surface area contributed by atoms with Gasteiger partial charge in [-0.2, -0.15) is 0 Å². The number of nitrogens with zero attached hydrogens (tertiary/aromatic N) is 1. The van der Waals surface area contributed by atoms with Gasteiger partial charge in [-0.15, -0.1) is 0 Å². The monoisotopic (exact) mass is 391 g/mol. The molecule has 0 aliphatic rings. The lowest BCUT2D eigenvalue weighted by Crippen LogP contribution is -2.31. The molecular weight excluding hydrogens is 366 g/mol. The zero-order chi connectivity index (χ0) is 20.8. The van der Waals surface area contributed by atoms with Gasteiger partial charge >= 0.3 is 0 Å². The molecular formula is C24H25NO4. The summed E-state index contributed by atoms with van der Waals surface area (Å²) in [5.74, 6) is 1.25. The summed E-state index contributed by atoms with van der Waals surface area (Å²) >= 11 is 0. The zero-order valence-corrected chi connectivity index (χ0v) is 16.8. The minimum Gasteiger partial charge on any atom is -0.497 e. The van der Waals surface area contributed by atoms with E-state index in [0.717, 1.165) is 22.4 Å². The summed E-state index contributed by atoms with van der Waals surface area (Å²) in [7, 11) is 4.89. The second-order valence-corrected chi connectivity index (χ2v) is 6.76. The van der Waals surface area contributed by atoms with E-state index >= 15 is 0 Å². The summed E-state index contributed by atoms with van der Waals surface area (Å²) in [5, 5.41) is 10.5. The number of methoxy groups -OCH3 is 2. The van der Waals surface area contributed by atoms with E-state index < -0.39 is 6.10 Å². The van der Waals surface area contributed by atoms with Crippen LogP contribution in [0, 0.1) is 0 Å². The van der Waals surface area contributed by atoms with E-state index in [9.17, 15) is 9.90 Å². The number of benzene rings is 3. The van der Waals surface area contributed by atoms with E-state index in [1.807, 2.05) is 36.4 Å². The Bertz CT molecular complexity index is 954. The van der Waals surface area contributed by atoms with Crippen molar-refractivity contribution in [3.05, 3.63) is 83.9 Å². The maximum Gasteiger partial charge on any atom is 0.253 e. The van der Waals surface area contributed by atoms with E-state index in [0.29, 0.717) is 11.3 Å². The van der Waals surface area contributed by atoms with Gasteiger partial charge in [-0.1, -0.05) is 42.5 Å². The van der Waals surface area contributed by atoms with Crippen LogP contribution in [-0.4, -0.2) is 43.7 Å². The van der Waals surface area contributed by atoms with Gasteiger partial charge in [-0.3, -0.25) is 4.79 Å². The molecule has 1 N–H and O–H groups in total. The molecule has 1 amide bonds. The Hall–Kier alpha value is -3.31. The standard InChI is InChI=1S/C24H25NO4/c1-25(16-22(26)18-9-12-20(28-2)13-10-18)24(27)19-11-14-23(29-3)21(15-19)17-7-5-4-6-8-17/h4-15,22,26H,16H2,1-3H3. The molecule has 0 radical (unpaired) electrons. The minimum absolute atomic E-state index is 0.169. The third kappa shape index (κ3) is 4.76. The third-order valence-electron chi connectivity index (χ3n) is 4.83. The second-order valence-electron chi connectivity index (χ2n) is 6.76. The number of aliphatic hydroxyl groups excluding tert-OH is 1. The molecule has 5 heteroatoms. The Labute approximate surface area is 171 Å². The van der Waals surface area contributed by atoms with Crippen LogP contribution in [0.25, 0.3) is 11.1 Å². The van der Waals surface area contributed by atoms with E-state index in [1.54, 1.807) is 57.7 Å². The Kier molecular flexibility index (Phi) is 6.52. The van der Waals surface area contributed by atoms with Crippen molar-refractivity contribution in [3.63, 3.8) is 0 Å². The number of aliphatic hydroxyl groups is 1. The van der Waals surface area contributed by atoms with Gasteiger partial charge in [0.05, 0.1) is 26.9 Å². The lowest BCUT2D eigenvalue weighted by Gasteiger charge is -2.22. The summed E-state index contributed by atoms with van der Waals surface area (Å²) < 4.78 is 10.6. The van der Waals surface area contributed by atoms with Crippen LogP contribution in [-0.2, 0) is 0 Å². The van der Waals surface area contributed by atoms with Gasteiger partial charge in [0.2, 0.25) is 0 Å². The van der Waals surface area contributed by atoms with E-state index in [2.05, 4.69) is 0 Å². The first kappa shape index (κ1) is 20.4. The quantitative estimate of drug-likeness (QED) is 0.657. The molecule has 0 spiro atoms. The number of ether oxygens (including phenoxy) is 2. The maximum atomic E-state index is 12.9. The van der Waals surface area contributed by atoms with Gasteiger partial charge in [0.1, 0.15) is 11.5 Å². The normalized spacial score (nSPS) is 11.6. The highest BCUT2D eigenvalue weighted by Gasteiger charge is 2.18. The molecule has 0 heterocycles. The molecule has 0 saturated carbocycles. The van der Waals surface area contributed by atoms with E-state index in [1.165, 1.54) is 4.90 Å². The van der Waals surface area contributed by atoms with Crippen LogP contribution in [0.1, 0.15) is 22.0 Å². The van der Waals surface area contributed by atoms with Crippen LogP contribution in [0.15, 0.2) is 72.8 Å². The van der Waals surface area contributed by atoms with Gasteiger partial charge in [-0.05, 0) is 41.5 Å². The molecule has 3 rings (SSSR count). The average Bonchev–Trinajstić information content (AvgIpc) is 2.78. The molecule has 29 heavy (non-hydrogen) atoms. The topological polar surface area (TPSA) is 59.0 Å². The molecule has 3 aromatic carbocycles. The van der Waals surface area contributed by atoms with Gasteiger partial charge in [-0.25, -0.2) is 0 Å². The summed E-state index contributed by atoms with van der Waals surface area (Å²) in [4.78, 5) is 14.5. The number of hydrogen-bond donors (Lipinski definition) is 1. The van der Waals surface area contributed by atoms with Crippen molar-refractivity contribution >= 4 is 5.91 Å². The molecule has 0 aliphatic heterocycles. The average molecular weight is 391 g/mol. The van der Waals surface area contributed by atoms with Gasteiger partial charge in [0.15, 0.2) is 0 Å². The summed E-state index contributed by atoms with van der Waals surface area (Å²) in [6.45, 7) is 0.178. The SMILES string of the molecule is COc1ccc(C(O)CN(C)C(=O)c2ccc(OC)c(-c3ccccc3)c2)cc1. The second kappa shape index (κ2) is 9.26. The first-order valence-corrected chi connectivity index (χ1v) is 9.34. The van der Waals surface area contributed by atoms with Crippen molar-refractivity contribution in [2.24, 2.45) is 0 Å². The Morgan fingerprint density at radius 3 is 2.28 bits per heavy atom. The highest BCUT2D eigenvalue weighted by molar-refractivity contribution is 5.96. The number of carbonyl (C=O) groups excluding carboxylic acids is 1. The van der Waals surface area contributed by atoms with Gasteiger partial charge in [0.25, 0.3) is 5.91 Å². The molecule has 0 saturated heterocycles. The van der Waals surface area contributed by atoms with Crippen molar-refractivity contribution in [1.29, 1.82) is 0 Å². The summed E-state index contributed by atoms with van der Waals surface area (Å²) in [6, 6.07) is 22.3. The number of hydrogen-bond acceptors (Lipinski definition) is 4. The minimum atomic E-state index is -0.790. The highest BCUT2D eigenvalue weighted by Crippen LogP contribution is 2.31. The van der Waals surface area contributed by atoms with Crippen LogP contribution in [0.4, 0.5) is 0 Å². The molecule has 5 nitrogen and oxygen atoms in total. The zero-order valence-electron chi connectivity index (χ0n) is 16.8. The molecule has 0 fully saturated rings. The highest BCUT2D eigenvalue weighted by atomic mass is 16.5. The van der Waals surface area contributed by atoms with Crippen molar-refractivity contribution in [2.75, 3.05) is 27.8 Å². The van der Waals surface area contributed by atoms with Crippen molar-refractivity contribution < 1.29 is 19.4 Å². The van der Waals surface area contributed by atoms with Crippen molar-refractivity contribution in [3.8, 4) is 22.6 Å². The fraction of sp³-hybridized carbons (Fsp3) is 0.208. The number of amides is 1. The lowest BCUT2D eigenvalue weighted by molar-refractivity contribution is 0.0681. The number of rotatable bonds is 7. The van der Waals surface area contributed by atoms with Crippen LogP contribution >= 0.6 is 0 Å². The maximum absolute atomic E-state index is 12.9. The Morgan fingerprint density at radius 1 is 0.966 bits per heavy atom. The summed E-state index contributed by atoms with van der Waals surface area (Å²) in [6.07, 6.45) is -0.790. The van der Waals surface area contributed by atoms with Crippen molar-refractivity contribution in [2.45, 2.75) is 6.10 Å².